The number of esters is 1. The number of ether oxygens (including phenoxy) is 3. The van der Waals surface area contributed by atoms with Gasteiger partial charge in [-0.1, -0.05) is 62.4 Å². The van der Waals surface area contributed by atoms with Crippen LogP contribution in [0.15, 0.2) is 54.1 Å². The van der Waals surface area contributed by atoms with E-state index in [1.54, 1.807) is 0 Å². The van der Waals surface area contributed by atoms with E-state index in [-0.39, 0.29) is 35.7 Å². The highest BCUT2D eigenvalue weighted by atomic mass is 16.7. The minimum atomic E-state index is -0.814. The van der Waals surface area contributed by atoms with Crippen molar-refractivity contribution in [1.29, 1.82) is 0 Å². The van der Waals surface area contributed by atoms with Crippen molar-refractivity contribution in [3.05, 3.63) is 59.7 Å². The standard InChI is InChI=1S/C27H34O5/c1-17-9-12-22-26(2,20(17)11-10-19-21(28)15-30-24(19)29)14-13-23-27(22,3)16-31-25(32-23)18-7-5-4-6-8-18/h4-8,10,20-23,25,28H,1,9,11-16H2,2-3H3/b19-10+/t20-,21-,22+,23-,25?,26+,27+/m1/s1. The molecule has 0 aromatic heterocycles. The molecule has 2 saturated carbocycles. The molecule has 1 N–H and O–H groups in total. The number of carbonyl (C=O) groups is 1. The summed E-state index contributed by atoms with van der Waals surface area (Å²) in [6.07, 6.45) is 5.77. The normalized spacial score (nSPS) is 43.0. The van der Waals surface area contributed by atoms with E-state index in [9.17, 15) is 9.90 Å². The third kappa shape index (κ3) is 3.46. The second-order valence-corrected chi connectivity index (χ2v) is 10.5. The summed E-state index contributed by atoms with van der Waals surface area (Å²) in [7, 11) is 0. The van der Waals surface area contributed by atoms with Crippen LogP contribution in [0.1, 0.15) is 57.8 Å². The molecule has 0 bridgehead atoms. The lowest BCUT2D eigenvalue weighted by Gasteiger charge is -2.62. The van der Waals surface area contributed by atoms with Crippen LogP contribution in [-0.4, -0.2) is 36.5 Å². The summed E-state index contributed by atoms with van der Waals surface area (Å²) < 4.78 is 17.9. The molecule has 0 amide bonds. The fraction of sp³-hybridized carbons (Fsp3) is 0.593. The van der Waals surface area contributed by atoms with Gasteiger partial charge in [0, 0.05) is 11.0 Å². The highest BCUT2D eigenvalue weighted by Crippen LogP contribution is 2.63. The molecule has 2 aliphatic heterocycles. The van der Waals surface area contributed by atoms with Gasteiger partial charge in [-0.15, -0.1) is 0 Å². The van der Waals surface area contributed by atoms with Crippen molar-refractivity contribution in [2.75, 3.05) is 13.2 Å². The first-order valence-corrected chi connectivity index (χ1v) is 11.9. The van der Waals surface area contributed by atoms with Gasteiger partial charge in [-0.2, -0.15) is 0 Å². The van der Waals surface area contributed by atoms with Gasteiger partial charge in [-0.05, 0) is 49.4 Å². The quantitative estimate of drug-likeness (QED) is 0.420. The third-order valence-electron chi connectivity index (χ3n) is 8.76. The first kappa shape index (κ1) is 21.9. The van der Waals surface area contributed by atoms with E-state index in [1.807, 2.05) is 24.3 Å². The third-order valence-corrected chi connectivity index (χ3v) is 8.76. The van der Waals surface area contributed by atoms with Crippen molar-refractivity contribution in [1.82, 2.24) is 0 Å². The maximum Gasteiger partial charge on any atom is 0.336 e. The van der Waals surface area contributed by atoms with Crippen molar-refractivity contribution in [3.8, 4) is 0 Å². The van der Waals surface area contributed by atoms with Gasteiger partial charge in [0.1, 0.15) is 12.7 Å². The van der Waals surface area contributed by atoms with Gasteiger partial charge in [0.2, 0.25) is 0 Å². The van der Waals surface area contributed by atoms with Crippen LogP contribution >= 0.6 is 0 Å². The van der Waals surface area contributed by atoms with Gasteiger partial charge >= 0.3 is 5.97 Å². The molecule has 0 radical (unpaired) electrons. The number of cyclic esters (lactones) is 1. The Bertz CT molecular complexity index is 923. The Hall–Kier alpha value is -1.95. The number of hydrogen-bond donors (Lipinski definition) is 1. The van der Waals surface area contributed by atoms with Crippen LogP contribution in [0.4, 0.5) is 0 Å². The molecule has 5 heteroatoms. The van der Waals surface area contributed by atoms with Crippen molar-refractivity contribution < 1.29 is 24.1 Å². The minimum absolute atomic E-state index is 0.0530. The molecule has 1 unspecified atom stereocenters. The fourth-order valence-electron chi connectivity index (χ4n) is 6.98. The van der Waals surface area contributed by atoms with Gasteiger partial charge in [0.25, 0.3) is 0 Å². The second-order valence-electron chi connectivity index (χ2n) is 10.5. The molecular weight excluding hydrogens is 404 g/mol. The van der Waals surface area contributed by atoms with Gasteiger partial charge in [0.15, 0.2) is 6.29 Å². The summed E-state index contributed by atoms with van der Waals surface area (Å²) in [4.78, 5) is 12.0. The summed E-state index contributed by atoms with van der Waals surface area (Å²) in [6.45, 7) is 9.89. The fourth-order valence-corrected chi connectivity index (χ4v) is 6.98. The number of rotatable bonds is 3. The molecule has 4 aliphatic rings. The first-order chi connectivity index (χ1) is 15.3. The predicted molar refractivity (Wildman–Crippen MR) is 120 cm³/mol. The highest BCUT2D eigenvalue weighted by molar-refractivity contribution is 5.91. The number of hydrogen-bond acceptors (Lipinski definition) is 5. The molecule has 4 fully saturated rings. The average molecular weight is 439 g/mol. The Kier molecular flexibility index (Phi) is 5.55. The van der Waals surface area contributed by atoms with Crippen molar-refractivity contribution in [2.45, 2.75) is 64.4 Å². The number of aliphatic hydroxyl groups excluding tert-OH is 1. The zero-order valence-corrected chi connectivity index (χ0v) is 19.1. The largest absolute Gasteiger partial charge is 0.459 e. The number of fused-ring (bicyclic) bond motifs is 3. The molecular formula is C27H34O5. The van der Waals surface area contributed by atoms with Crippen LogP contribution in [0.2, 0.25) is 0 Å². The Morgan fingerprint density at radius 2 is 1.97 bits per heavy atom. The van der Waals surface area contributed by atoms with Gasteiger partial charge in [-0.25, -0.2) is 4.79 Å². The molecule has 2 saturated heterocycles. The van der Waals surface area contributed by atoms with Crippen molar-refractivity contribution >= 4 is 5.97 Å². The molecule has 7 atom stereocenters. The summed E-state index contributed by atoms with van der Waals surface area (Å²) in [5, 5.41) is 10.1. The molecule has 5 rings (SSSR count). The average Bonchev–Trinajstić information content (AvgIpc) is 3.10. The SMILES string of the molecule is C=C1CC[C@@H]2[C@]3(C)COC(c4ccccc4)O[C@@H]3CC[C@@]2(C)[C@@H]1C/C=C1/C(=O)OC[C@H]1O. The minimum Gasteiger partial charge on any atom is -0.459 e. The molecule has 5 nitrogen and oxygen atoms in total. The molecule has 2 aliphatic carbocycles. The lowest BCUT2D eigenvalue weighted by molar-refractivity contribution is -0.307. The summed E-state index contributed by atoms with van der Waals surface area (Å²) in [5.74, 6) is 0.316. The molecule has 172 valence electrons. The van der Waals surface area contributed by atoms with Crippen molar-refractivity contribution in [3.63, 3.8) is 0 Å². The lowest BCUT2D eigenvalue weighted by atomic mass is 9.46. The summed E-state index contributed by atoms with van der Waals surface area (Å²) >= 11 is 0. The Morgan fingerprint density at radius 3 is 2.69 bits per heavy atom. The summed E-state index contributed by atoms with van der Waals surface area (Å²) in [6, 6.07) is 10.2. The van der Waals surface area contributed by atoms with E-state index in [2.05, 4.69) is 32.6 Å². The van der Waals surface area contributed by atoms with E-state index in [0.29, 0.717) is 24.5 Å². The smallest absolute Gasteiger partial charge is 0.336 e. The van der Waals surface area contributed by atoms with Crippen LogP contribution in [0, 0.1) is 22.7 Å². The molecule has 2 heterocycles. The topological polar surface area (TPSA) is 65.0 Å². The van der Waals surface area contributed by atoms with E-state index < -0.39 is 12.1 Å². The van der Waals surface area contributed by atoms with E-state index in [4.69, 9.17) is 14.2 Å². The number of aliphatic hydroxyl groups is 1. The highest BCUT2D eigenvalue weighted by Gasteiger charge is 2.60. The number of allylic oxidation sites excluding steroid dienone is 2. The zero-order chi connectivity index (χ0) is 22.5. The van der Waals surface area contributed by atoms with Crippen LogP contribution < -0.4 is 0 Å². The van der Waals surface area contributed by atoms with Crippen LogP contribution in [0.3, 0.4) is 0 Å². The number of benzene rings is 1. The van der Waals surface area contributed by atoms with Crippen LogP contribution in [-0.2, 0) is 19.0 Å². The van der Waals surface area contributed by atoms with E-state index in [1.165, 1.54) is 5.57 Å². The van der Waals surface area contributed by atoms with Gasteiger partial charge in [-0.3, -0.25) is 0 Å². The van der Waals surface area contributed by atoms with Crippen LogP contribution in [0.5, 0.6) is 0 Å². The Balaban J connectivity index is 1.38. The second kappa shape index (κ2) is 8.12. The predicted octanol–water partition coefficient (Wildman–Crippen LogP) is 4.72. The number of carbonyl (C=O) groups excluding carboxylic acids is 1. The molecule has 1 aromatic carbocycles. The first-order valence-electron chi connectivity index (χ1n) is 11.9. The van der Waals surface area contributed by atoms with Gasteiger partial charge in [0.05, 0.1) is 18.3 Å². The van der Waals surface area contributed by atoms with Crippen LogP contribution in [0.25, 0.3) is 0 Å². The molecule has 32 heavy (non-hydrogen) atoms. The Labute approximate surface area is 190 Å². The van der Waals surface area contributed by atoms with Gasteiger partial charge < -0.3 is 19.3 Å². The molecule has 0 spiro atoms. The summed E-state index contributed by atoms with van der Waals surface area (Å²) in [5.41, 5.74) is 2.72. The maximum atomic E-state index is 12.0. The zero-order valence-electron chi connectivity index (χ0n) is 19.1. The Morgan fingerprint density at radius 1 is 1.19 bits per heavy atom. The maximum absolute atomic E-state index is 12.0. The van der Waals surface area contributed by atoms with E-state index >= 15 is 0 Å². The van der Waals surface area contributed by atoms with Crippen molar-refractivity contribution in [2.24, 2.45) is 22.7 Å². The lowest BCUT2D eigenvalue weighted by Crippen LogP contribution is -2.60. The molecule has 1 aromatic rings. The van der Waals surface area contributed by atoms with E-state index in [0.717, 1.165) is 31.2 Å². The monoisotopic (exact) mass is 438 g/mol.